The van der Waals surface area contributed by atoms with Crippen LogP contribution in [-0.4, -0.2) is 19.2 Å². The summed E-state index contributed by atoms with van der Waals surface area (Å²) in [5.41, 5.74) is -0.657. The zero-order chi connectivity index (χ0) is 15.2. The van der Waals surface area contributed by atoms with E-state index in [1.54, 1.807) is 0 Å². The van der Waals surface area contributed by atoms with E-state index in [2.05, 4.69) is 12.2 Å². The Balaban J connectivity index is 2.64. The minimum atomic E-state index is -4.31. The smallest absolute Gasteiger partial charge is 0.416 e. The van der Waals surface area contributed by atoms with Gasteiger partial charge in [-0.2, -0.15) is 13.2 Å². The van der Waals surface area contributed by atoms with Crippen molar-refractivity contribution >= 4 is 0 Å². The van der Waals surface area contributed by atoms with Crippen LogP contribution in [0.25, 0.3) is 0 Å². The van der Waals surface area contributed by atoms with Gasteiger partial charge in [0.2, 0.25) is 0 Å². The molecule has 0 saturated carbocycles. The molecule has 0 aliphatic carbocycles. The van der Waals surface area contributed by atoms with Crippen LogP contribution in [0.4, 0.5) is 13.2 Å². The molecule has 1 unspecified atom stereocenters. The third kappa shape index (κ3) is 5.41. The third-order valence-corrected chi connectivity index (χ3v) is 2.98. The van der Waals surface area contributed by atoms with E-state index in [9.17, 15) is 13.2 Å². The van der Waals surface area contributed by atoms with Crippen LogP contribution in [0.1, 0.15) is 32.8 Å². The van der Waals surface area contributed by atoms with E-state index >= 15 is 0 Å². The molecule has 1 aromatic rings. The highest BCUT2D eigenvalue weighted by molar-refractivity contribution is 5.29. The van der Waals surface area contributed by atoms with Gasteiger partial charge in [-0.3, -0.25) is 0 Å². The van der Waals surface area contributed by atoms with Crippen molar-refractivity contribution < 1.29 is 17.9 Å². The van der Waals surface area contributed by atoms with Gasteiger partial charge in [-0.1, -0.05) is 20.8 Å². The summed E-state index contributed by atoms with van der Waals surface area (Å²) in [5, 5.41) is 3.27. The molecule has 0 fully saturated rings. The monoisotopic (exact) mass is 289 g/mol. The van der Waals surface area contributed by atoms with E-state index in [0.717, 1.165) is 25.1 Å². The molecule has 0 aliphatic heterocycles. The highest BCUT2D eigenvalue weighted by Crippen LogP contribution is 2.30. The second-order valence-electron chi connectivity index (χ2n) is 5.13. The van der Waals surface area contributed by atoms with E-state index in [1.807, 2.05) is 13.8 Å². The molecule has 1 aromatic carbocycles. The van der Waals surface area contributed by atoms with Crippen molar-refractivity contribution in [2.24, 2.45) is 5.92 Å². The van der Waals surface area contributed by atoms with Crippen molar-refractivity contribution in [3.63, 3.8) is 0 Å². The molecule has 0 heterocycles. The summed E-state index contributed by atoms with van der Waals surface area (Å²) in [5.74, 6) is 0.747. The van der Waals surface area contributed by atoms with Crippen LogP contribution in [0.2, 0.25) is 0 Å². The van der Waals surface area contributed by atoms with Crippen molar-refractivity contribution in [3.8, 4) is 5.75 Å². The average molecular weight is 289 g/mol. The molecule has 0 saturated heterocycles. The molecule has 0 amide bonds. The molecule has 0 bridgehead atoms. The fourth-order valence-corrected chi connectivity index (χ4v) is 1.73. The number of hydrogen-bond acceptors (Lipinski definition) is 2. The first-order valence-electron chi connectivity index (χ1n) is 6.89. The molecular weight excluding hydrogens is 267 g/mol. The minimum Gasteiger partial charge on any atom is -0.489 e. The maximum Gasteiger partial charge on any atom is 0.416 e. The summed E-state index contributed by atoms with van der Waals surface area (Å²) >= 11 is 0. The second kappa shape index (κ2) is 7.53. The fraction of sp³-hybridized carbons (Fsp3) is 0.600. The maximum atomic E-state index is 12.5. The van der Waals surface area contributed by atoms with Crippen LogP contribution in [0.5, 0.6) is 5.75 Å². The number of nitrogens with one attached hydrogen (secondary N) is 1. The lowest BCUT2D eigenvalue weighted by Gasteiger charge is -2.23. The van der Waals surface area contributed by atoms with Crippen LogP contribution in [0.3, 0.4) is 0 Å². The zero-order valence-corrected chi connectivity index (χ0v) is 12.1. The van der Waals surface area contributed by atoms with Gasteiger partial charge in [-0.25, -0.2) is 0 Å². The fourth-order valence-electron chi connectivity index (χ4n) is 1.73. The lowest BCUT2D eigenvalue weighted by atomic mass is 10.1. The lowest BCUT2D eigenvalue weighted by molar-refractivity contribution is -0.137. The number of benzene rings is 1. The highest BCUT2D eigenvalue weighted by atomic mass is 19.4. The number of ether oxygens (including phenoxy) is 1. The van der Waals surface area contributed by atoms with Gasteiger partial charge in [0.05, 0.1) is 5.56 Å². The van der Waals surface area contributed by atoms with Gasteiger partial charge >= 0.3 is 6.18 Å². The van der Waals surface area contributed by atoms with E-state index in [1.165, 1.54) is 12.1 Å². The largest absolute Gasteiger partial charge is 0.489 e. The Morgan fingerprint density at radius 1 is 1.15 bits per heavy atom. The van der Waals surface area contributed by atoms with E-state index < -0.39 is 11.7 Å². The zero-order valence-electron chi connectivity index (χ0n) is 12.1. The lowest BCUT2D eigenvalue weighted by Crippen LogP contribution is -2.35. The van der Waals surface area contributed by atoms with Gasteiger partial charge in [-0.05, 0) is 43.1 Å². The number of halogens is 3. The molecule has 0 spiro atoms. The molecule has 20 heavy (non-hydrogen) atoms. The van der Waals surface area contributed by atoms with Gasteiger partial charge in [0, 0.05) is 6.54 Å². The molecule has 114 valence electrons. The second-order valence-corrected chi connectivity index (χ2v) is 5.13. The maximum absolute atomic E-state index is 12.5. The molecule has 1 atom stereocenters. The summed E-state index contributed by atoms with van der Waals surface area (Å²) < 4.78 is 43.2. The summed E-state index contributed by atoms with van der Waals surface area (Å²) in [6.45, 7) is 7.73. The molecule has 5 heteroatoms. The molecule has 0 aliphatic rings. The van der Waals surface area contributed by atoms with Crippen LogP contribution in [0.15, 0.2) is 24.3 Å². The predicted octanol–water partition coefficient (Wildman–Crippen LogP) is 4.11. The SMILES string of the molecule is CCCNCC(Oc1ccc(C(F)(F)F)cc1)C(C)C. The molecule has 1 rings (SSSR count). The van der Waals surface area contributed by atoms with Crippen molar-refractivity contribution in [1.82, 2.24) is 5.32 Å². The minimum absolute atomic E-state index is 0.0571. The Hall–Kier alpha value is -1.23. The van der Waals surface area contributed by atoms with Crippen LogP contribution in [0, 0.1) is 5.92 Å². The topological polar surface area (TPSA) is 21.3 Å². The first kappa shape index (κ1) is 16.8. The third-order valence-electron chi connectivity index (χ3n) is 2.98. The van der Waals surface area contributed by atoms with Gasteiger partial charge < -0.3 is 10.1 Å². The number of rotatable bonds is 7. The summed E-state index contributed by atoms with van der Waals surface area (Å²) in [6.07, 6.45) is -3.33. The standard InChI is InChI=1S/C15H22F3NO/c1-4-9-19-10-14(11(2)3)20-13-7-5-12(6-8-13)15(16,17)18/h5-8,11,14,19H,4,9-10H2,1-3H3. The molecule has 0 aromatic heterocycles. The molecule has 0 radical (unpaired) electrons. The Labute approximate surface area is 118 Å². The van der Waals surface area contributed by atoms with Crippen molar-refractivity contribution in [3.05, 3.63) is 29.8 Å². The van der Waals surface area contributed by atoms with E-state index in [-0.39, 0.29) is 12.0 Å². The van der Waals surface area contributed by atoms with Crippen LogP contribution >= 0.6 is 0 Å². The van der Waals surface area contributed by atoms with E-state index in [4.69, 9.17) is 4.74 Å². The van der Waals surface area contributed by atoms with Gasteiger partial charge in [0.15, 0.2) is 0 Å². The van der Waals surface area contributed by atoms with Crippen molar-refractivity contribution in [2.45, 2.75) is 39.5 Å². The van der Waals surface area contributed by atoms with Gasteiger partial charge in [0.25, 0.3) is 0 Å². The highest BCUT2D eigenvalue weighted by Gasteiger charge is 2.30. The first-order chi connectivity index (χ1) is 9.34. The van der Waals surface area contributed by atoms with Crippen LogP contribution < -0.4 is 10.1 Å². The molecule has 1 N–H and O–H groups in total. The number of alkyl halides is 3. The quantitative estimate of drug-likeness (QED) is 0.763. The van der Waals surface area contributed by atoms with E-state index in [0.29, 0.717) is 12.3 Å². The van der Waals surface area contributed by atoms with Crippen molar-refractivity contribution in [2.75, 3.05) is 13.1 Å². The summed E-state index contributed by atoms with van der Waals surface area (Å²) in [4.78, 5) is 0. The van der Waals surface area contributed by atoms with Gasteiger partial charge in [-0.15, -0.1) is 0 Å². The Morgan fingerprint density at radius 2 is 1.75 bits per heavy atom. The molecule has 2 nitrogen and oxygen atoms in total. The Morgan fingerprint density at radius 3 is 2.20 bits per heavy atom. The van der Waals surface area contributed by atoms with Crippen molar-refractivity contribution in [1.29, 1.82) is 0 Å². The summed E-state index contributed by atoms with van der Waals surface area (Å²) in [6, 6.07) is 4.84. The Bertz CT molecular complexity index is 387. The first-order valence-corrected chi connectivity index (χ1v) is 6.89. The average Bonchev–Trinajstić information content (AvgIpc) is 2.37. The Kier molecular flexibility index (Phi) is 6.33. The summed E-state index contributed by atoms with van der Waals surface area (Å²) in [7, 11) is 0. The van der Waals surface area contributed by atoms with Gasteiger partial charge in [0.1, 0.15) is 11.9 Å². The number of hydrogen-bond donors (Lipinski definition) is 1. The predicted molar refractivity (Wildman–Crippen MR) is 73.9 cm³/mol. The molecular formula is C15H22F3NO. The van der Waals surface area contributed by atoms with Crippen LogP contribution in [-0.2, 0) is 6.18 Å². The normalized spacial score (nSPS) is 13.6.